The van der Waals surface area contributed by atoms with Crippen LogP contribution < -0.4 is 11.1 Å². The van der Waals surface area contributed by atoms with Gasteiger partial charge in [-0.25, -0.2) is 4.98 Å². The second kappa shape index (κ2) is 6.45. The van der Waals surface area contributed by atoms with Crippen LogP contribution in [0.25, 0.3) is 23.1 Å². The third-order valence-corrected chi connectivity index (χ3v) is 3.78. The molecule has 25 heavy (non-hydrogen) atoms. The largest absolute Gasteiger partial charge is 0.368 e. The number of nitrogen functional groups attached to an aromatic ring is 1. The quantitative estimate of drug-likeness (QED) is 0.495. The average Bonchev–Trinajstić information content (AvgIpc) is 3.09. The van der Waals surface area contributed by atoms with Crippen molar-refractivity contribution < 1.29 is 0 Å². The fourth-order valence-electron chi connectivity index (χ4n) is 2.63. The monoisotopic (exact) mass is 328 g/mol. The van der Waals surface area contributed by atoms with Crippen molar-refractivity contribution in [3.05, 3.63) is 72.1 Å². The van der Waals surface area contributed by atoms with Gasteiger partial charge in [0.25, 0.3) is 0 Å². The van der Waals surface area contributed by atoms with Gasteiger partial charge in [0.2, 0.25) is 5.95 Å². The van der Waals surface area contributed by atoms with Crippen LogP contribution in [0.3, 0.4) is 0 Å². The number of hydrogen-bond acceptors (Lipinski definition) is 5. The number of hydrogen-bond donors (Lipinski definition) is 3. The van der Waals surface area contributed by atoms with Crippen molar-refractivity contribution in [3.63, 3.8) is 0 Å². The molecule has 0 spiro atoms. The molecule has 0 unspecified atom stereocenters. The fourth-order valence-corrected chi connectivity index (χ4v) is 2.63. The number of H-pyrrole nitrogens is 1. The number of anilines is 3. The zero-order valence-electron chi connectivity index (χ0n) is 13.3. The van der Waals surface area contributed by atoms with Gasteiger partial charge >= 0.3 is 0 Å². The summed E-state index contributed by atoms with van der Waals surface area (Å²) < 4.78 is 0. The number of aromatic amines is 1. The minimum atomic E-state index is 0.235. The molecule has 0 saturated heterocycles. The zero-order chi connectivity index (χ0) is 17.1. The van der Waals surface area contributed by atoms with E-state index in [1.807, 2.05) is 30.3 Å². The number of benzene rings is 2. The first kappa shape index (κ1) is 14.9. The molecule has 4 N–H and O–H groups in total. The van der Waals surface area contributed by atoms with Crippen LogP contribution in [-0.4, -0.2) is 20.2 Å². The Balaban J connectivity index is 1.71. The summed E-state index contributed by atoms with van der Waals surface area (Å²) in [6.07, 6.45) is 7.56. The molecule has 0 fully saturated rings. The van der Waals surface area contributed by atoms with Gasteiger partial charge in [0, 0.05) is 22.8 Å². The lowest BCUT2D eigenvalue weighted by Gasteiger charge is -2.08. The Hall–Kier alpha value is -3.67. The Morgan fingerprint density at radius 3 is 2.76 bits per heavy atom. The highest BCUT2D eigenvalue weighted by atomic mass is 15.1. The van der Waals surface area contributed by atoms with Crippen LogP contribution in [0, 0.1) is 0 Å². The van der Waals surface area contributed by atoms with E-state index in [-0.39, 0.29) is 5.95 Å². The molecule has 4 aromatic rings. The number of nitrogens with zero attached hydrogens (tertiary/aromatic N) is 3. The van der Waals surface area contributed by atoms with Gasteiger partial charge in [-0.1, -0.05) is 42.5 Å². The topological polar surface area (TPSA) is 92.5 Å². The third-order valence-electron chi connectivity index (χ3n) is 3.78. The minimum Gasteiger partial charge on any atom is -0.368 e. The summed E-state index contributed by atoms with van der Waals surface area (Å²) in [4.78, 5) is 8.08. The number of nitrogens with two attached hydrogens (primary N) is 1. The fraction of sp³-hybridized carbons (Fsp3) is 0. The molecule has 0 aliphatic rings. The summed E-state index contributed by atoms with van der Waals surface area (Å²) in [5.41, 5.74) is 9.70. The van der Waals surface area contributed by atoms with Crippen molar-refractivity contribution in [3.8, 4) is 0 Å². The van der Waals surface area contributed by atoms with E-state index in [2.05, 4.69) is 49.8 Å². The van der Waals surface area contributed by atoms with Crippen molar-refractivity contribution in [2.24, 2.45) is 0 Å². The van der Waals surface area contributed by atoms with E-state index in [0.29, 0.717) is 5.82 Å². The van der Waals surface area contributed by atoms with Crippen LogP contribution in [0.4, 0.5) is 17.5 Å². The summed E-state index contributed by atoms with van der Waals surface area (Å²) in [5, 5.41) is 11.5. The molecule has 6 heteroatoms. The van der Waals surface area contributed by atoms with Gasteiger partial charge < -0.3 is 11.1 Å². The van der Waals surface area contributed by atoms with Crippen molar-refractivity contribution in [1.82, 2.24) is 20.2 Å². The first-order chi connectivity index (χ1) is 12.3. The molecule has 2 aromatic carbocycles. The van der Waals surface area contributed by atoms with E-state index in [4.69, 9.17) is 5.73 Å². The van der Waals surface area contributed by atoms with Gasteiger partial charge in [-0.3, -0.25) is 5.10 Å². The maximum Gasteiger partial charge on any atom is 0.221 e. The molecular weight excluding hydrogens is 312 g/mol. The molecule has 0 bridgehead atoms. The molecule has 0 atom stereocenters. The van der Waals surface area contributed by atoms with Gasteiger partial charge in [0.05, 0.1) is 11.7 Å². The summed E-state index contributed by atoms with van der Waals surface area (Å²) in [6, 6.07) is 16.0. The number of aromatic nitrogens is 4. The van der Waals surface area contributed by atoms with Crippen LogP contribution >= 0.6 is 0 Å². The Kier molecular flexibility index (Phi) is 3.84. The van der Waals surface area contributed by atoms with E-state index >= 15 is 0 Å². The van der Waals surface area contributed by atoms with Gasteiger partial charge in [-0.15, -0.1) is 0 Å². The highest BCUT2D eigenvalue weighted by Crippen LogP contribution is 2.26. The lowest BCUT2D eigenvalue weighted by Crippen LogP contribution is -1.99. The molecular formula is C19H16N6. The SMILES string of the molecule is Nc1nccc(Nc2cc(C=Cc3ccccc3)c3[nH]ncc3c2)n1. The highest BCUT2D eigenvalue weighted by Gasteiger charge is 2.05. The summed E-state index contributed by atoms with van der Waals surface area (Å²) in [5.74, 6) is 0.881. The molecule has 0 amide bonds. The smallest absolute Gasteiger partial charge is 0.221 e. The number of rotatable bonds is 4. The molecule has 0 radical (unpaired) electrons. The average molecular weight is 328 g/mol. The Labute approximate surface area is 144 Å². The molecule has 2 aromatic heterocycles. The molecule has 6 nitrogen and oxygen atoms in total. The predicted molar refractivity (Wildman–Crippen MR) is 101 cm³/mol. The Morgan fingerprint density at radius 2 is 1.92 bits per heavy atom. The van der Waals surface area contributed by atoms with Crippen LogP contribution in [0.15, 0.2) is 60.9 Å². The summed E-state index contributed by atoms with van der Waals surface area (Å²) in [6.45, 7) is 0. The van der Waals surface area contributed by atoms with Gasteiger partial charge in [-0.05, 0) is 23.8 Å². The second-order valence-corrected chi connectivity index (χ2v) is 5.57. The zero-order valence-corrected chi connectivity index (χ0v) is 13.3. The molecule has 0 aliphatic carbocycles. The first-order valence-electron chi connectivity index (χ1n) is 7.84. The van der Waals surface area contributed by atoms with Crippen LogP contribution in [0.1, 0.15) is 11.1 Å². The maximum atomic E-state index is 5.64. The van der Waals surface area contributed by atoms with Gasteiger partial charge in [0.15, 0.2) is 0 Å². The Morgan fingerprint density at radius 1 is 1.04 bits per heavy atom. The normalized spacial score (nSPS) is 11.2. The van der Waals surface area contributed by atoms with Crippen LogP contribution in [-0.2, 0) is 0 Å². The lowest BCUT2D eigenvalue weighted by molar-refractivity contribution is 1.12. The van der Waals surface area contributed by atoms with E-state index in [1.165, 1.54) is 0 Å². The van der Waals surface area contributed by atoms with Crippen LogP contribution in [0.2, 0.25) is 0 Å². The number of nitrogens with one attached hydrogen (secondary N) is 2. The van der Waals surface area contributed by atoms with Crippen LogP contribution in [0.5, 0.6) is 0 Å². The first-order valence-corrected chi connectivity index (χ1v) is 7.84. The molecule has 4 rings (SSSR count). The lowest BCUT2D eigenvalue weighted by atomic mass is 10.1. The molecule has 2 heterocycles. The second-order valence-electron chi connectivity index (χ2n) is 5.57. The van der Waals surface area contributed by atoms with Crippen molar-refractivity contribution in [2.75, 3.05) is 11.1 Å². The van der Waals surface area contributed by atoms with E-state index < -0.39 is 0 Å². The third kappa shape index (κ3) is 3.32. The van der Waals surface area contributed by atoms with E-state index in [0.717, 1.165) is 27.7 Å². The summed E-state index contributed by atoms with van der Waals surface area (Å²) in [7, 11) is 0. The minimum absolute atomic E-state index is 0.235. The predicted octanol–water partition coefficient (Wildman–Crippen LogP) is 3.85. The molecule has 0 aliphatic heterocycles. The maximum absolute atomic E-state index is 5.64. The van der Waals surface area contributed by atoms with E-state index in [9.17, 15) is 0 Å². The van der Waals surface area contributed by atoms with Crippen molar-refractivity contribution >= 4 is 40.5 Å². The van der Waals surface area contributed by atoms with E-state index in [1.54, 1.807) is 18.5 Å². The summed E-state index contributed by atoms with van der Waals surface area (Å²) >= 11 is 0. The highest BCUT2D eigenvalue weighted by molar-refractivity contribution is 5.93. The van der Waals surface area contributed by atoms with Crippen molar-refractivity contribution in [1.29, 1.82) is 0 Å². The Bertz CT molecular complexity index is 1040. The number of fused-ring (bicyclic) bond motifs is 1. The molecule has 122 valence electrons. The van der Waals surface area contributed by atoms with Crippen molar-refractivity contribution in [2.45, 2.75) is 0 Å². The molecule has 0 saturated carbocycles. The van der Waals surface area contributed by atoms with Gasteiger partial charge in [-0.2, -0.15) is 10.1 Å². The standard InChI is InChI=1S/C19H16N6/c20-19-21-9-8-17(24-19)23-16-10-14(18-15(11-16)12-22-25-18)7-6-13-4-2-1-3-5-13/h1-12H,(H,22,25)(H3,20,21,23,24). The van der Waals surface area contributed by atoms with Gasteiger partial charge in [0.1, 0.15) is 5.82 Å².